The highest BCUT2D eigenvalue weighted by Gasteiger charge is 2.87. The van der Waals surface area contributed by atoms with E-state index >= 15 is 0 Å². The van der Waals surface area contributed by atoms with Crippen LogP contribution in [-0.2, 0) is 19.4 Å². The molecule has 0 N–H and O–H groups in total. The minimum absolute atomic E-state index is 0.0772. The zero-order valence-corrected chi connectivity index (χ0v) is 23.5. The van der Waals surface area contributed by atoms with E-state index in [1.807, 2.05) is 0 Å². The Bertz CT molecular complexity index is 862. The van der Waals surface area contributed by atoms with Crippen LogP contribution in [0, 0.1) is 5.41 Å². The van der Waals surface area contributed by atoms with Crippen molar-refractivity contribution < 1.29 is 98.4 Å². The zero-order chi connectivity index (χ0) is 36.3. The number of alkyl halides is 18. The summed E-state index contributed by atoms with van der Waals surface area (Å²) in [6.45, 7) is -2.00. The third-order valence-corrected chi connectivity index (χ3v) is 6.89. The third kappa shape index (κ3) is 7.82. The Morgan fingerprint density at radius 3 is 1.00 bits per heavy atom. The van der Waals surface area contributed by atoms with Crippen LogP contribution in [0.25, 0.3) is 0 Å². The van der Waals surface area contributed by atoms with Crippen molar-refractivity contribution in [2.75, 3.05) is 19.8 Å². The average molecular weight is 710 g/mol. The van der Waals surface area contributed by atoms with Gasteiger partial charge in [0, 0.05) is 16.5 Å². The van der Waals surface area contributed by atoms with E-state index in [1.165, 1.54) is 27.7 Å². The molecule has 0 saturated carbocycles. The number of hydroxylamine groups is 2. The van der Waals surface area contributed by atoms with Gasteiger partial charge >= 0.3 is 48.3 Å². The van der Waals surface area contributed by atoms with E-state index in [4.69, 9.17) is 4.74 Å². The fourth-order valence-electron chi connectivity index (χ4n) is 4.75. The average Bonchev–Trinajstić information content (AvgIpc) is 2.70. The summed E-state index contributed by atoms with van der Waals surface area (Å²) in [6, 6.07) is 0. The van der Waals surface area contributed by atoms with Crippen molar-refractivity contribution in [3.05, 3.63) is 0 Å². The summed E-state index contributed by atoms with van der Waals surface area (Å²) in [5.74, 6) is 0. The maximum Gasteiger partial charge on any atom is 0.435 e. The maximum atomic E-state index is 13.4. The number of nitrogens with zero attached hydrogens (tertiary/aromatic N) is 1. The summed E-state index contributed by atoms with van der Waals surface area (Å²) in [5, 5.41) is 13.0. The Hall–Kier alpha value is -1.46. The SMILES string of the molecule is CC(COC1CC(C)(C)N([O])C(C)(C)C1)(COC(C(F)(F)F)(C(F)(F)F)C(F)(F)F)COC(C(F)(F)F)(C(F)(F)F)C(F)(F)F. The first-order chi connectivity index (χ1) is 19.4. The molecule has 5 nitrogen and oxygen atoms in total. The van der Waals surface area contributed by atoms with Gasteiger partial charge in [-0.3, -0.25) is 0 Å². The molecule has 0 aromatic rings. The highest BCUT2D eigenvalue weighted by molar-refractivity contribution is 5.05. The Kier molecular flexibility index (Phi) is 11.0. The van der Waals surface area contributed by atoms with Crippen LogP contribution in [0.4, 0.5) is 79.0 Å². The molecule has 0 spiro atoms. The predicted octanol–water partition coefficient (Wildman–Crippen LogP) is 8.26. The minimum atomic E-state index is -7.42. The van der Waals surface area contributed by atoms with Crippen molar-refractivity contribution in [1.82, 2.24) is 5.06 Å². The van der Waals surface area contributed by atoms with Crippen molar-refractivity contribution >= 4 is 0 Å². The molecule has 0 aromatic heterocycles. The molecule has 1 saturated heterocycles. The Balaban J connectivity index is 3.74. The molecule has 0 atom stereocenters. The number of rotatable bonds is 9. The fraction of sp³-hybridized carbons (Fsp3) is 1.00. The third-order valence-electron chi connectivity index (χ3n) is 6.89. The van der Waals surface area contributed by atoms with Crippen molar-refractivity contribution in [3.63, 3.8) is 0 Å². The first kappa shape index (κ1) is 41.6. The van der Waals surface area contributed by atoms with E-state index in [0.717, 1.165) is 0 Å². The van der Waals surface area contributed by atoms with Crippen molar-refractivity contribution in [2.24, 2.45) is 5.41 Å². The van der Waals surface area contributed by atoms with Gasteiger partial charge in [-0.05, 0) is 40.5 Å². The van der Waals surface area contributed by atoms with Crippen molar-refractivity contribution in [1.29, 1.82) is 0 Å². The highest BCUT2D eigenvalue weighted by Crippen LogP contribution is 2.57. The van der Waals surface area contributed by atoms with E-state index in [9.17, 15) is 84.2 Å². The lowest BCUT2D eigenvalue weighted by Gasteiger charge is -2.50. The van der Waals surface area contributed by atoms with Gasteiger partial charge in [0.15, 0.2) is 0 Å². The van der Waals surface area contributed by atoms with E-state index in [0.29, 0.717) is 5.06 Å². The van der Waals surface area contributed by atoms with Crippen molar-refractivity contribution in [2.45, 2.75) is 113 Å². The topological polar surface area (TPSA) is 50.8 Å². The Morgan fingerprint density at radius 1 is 0.533 bits per heavy atom. The highest BCUT2D eigenvalue weighted by atomic mass is 19.4. The Labute approximate surface area is 242 Å². The smallest absolute Gasteiger partial charge is 0.377 e. The van der Waals surface area contributed by atoms with Gasteiger partial charge < -0.3 is 14.2 Å². The summed E-state index contributed by atoms with van der Waals surface area (Å²) >= 11 is 0. The zero-order valence-electron chi connectivity index (χ0n) is 23.5. The summed E-state index contributed by atoms with van der Waals surface area (Å²) in [5.41, 5.74) is -20.4. The van der Waals surface area contributed by atoms with E-state index in [-0.39, 0.29) is 19.8 Å². The van der Waals surface area contributed by atoms with E-state index in [1.54, 1.807) is 0 Å². The molecule has 0 unspecified atom stereocenters. The molecule has 1 fully saturated rings. The molecule has 0 aromatic carbocycles. The van der Waals surface area contributed by atoms with Gasteiger partial charge in [-0.15, -0.1) is 10.3 Å². The van der Waals surface area contributed by atoms with Crippen molar-refractivity contribution in [3.8, 4) is 0 Å². The molecule has 45 heavy (non-hydrogen) atoms. The molecule has 1 aliphatic rings. The molecule has 269 valence electrons. The molecule has 0 amide bonds. The van der Waals surface area contributed by atoms with Gasteiger partial charge in [0.25, 0.3) is 0 Å². The lowest BCUT2D eigenvalue weighted by atomic mass is 9.80. The minimum Gasteiger partial charge on any atom is -0.377 e. The number of halogens is 18. The van der Waals surface area contributed by atoms with Gasteiger partial charge in [-0.25, -0.2) is 0 Å². The predicted molar refractivity (Wildman–Crippen MR) is 111 cm³/mol. The fourth-order valence-corrected chi connectivity index (χ4v) is 4.75. The van der Waals surface area contributed by atoms with Crippen LogP contribution < -0.4 is 0 Å². The maximum absolute atomic E-state index is 13.4. The number of hydrogen-bond acceptors (Lipinski definition) is 4. The molecule has 1 rings (SSSR count). The normalized spacial score (nSPS) is 20.5. The summed E-state index contributed by atoms with van der Waals surface area (Å²) in [4.78, 5) is 0. The van der Waals surface area contributed by atoms with Gasteiger partial charge in [0.2, 0.25) is 0 Å². The molecule has 23 heteroatoms. The molecule has 1 heterocycles. The lowest BCUT2D eigenvalue weighted by Crippen LogP contribution is -2.69. The van der Waals surface area contributed by atoms with Crippen LogP contribution in [-0.4, -0.2) is 90.3 Å². The van der Waals surface area contributed by atoms with Crippen LogP contribution in [0.1, 0.15) is 47.5 Å². The summed E-state index contributed by atoms with van der Waals surface area (Å²) < 4.78 is 252. The molecule has 1 radical (unpaired) electrons. The van der Waals surface area contributed by atoms with Crippen LogP contribution in [0.5, 0.6) is 0 Å². The van der Waals surface area contributed by atoms with E-state index in [2.05, 4.69) is 9.47 Å². The molecule has 0 aliphatic carbocycles. The van der Waals surface area contributed by atoms with E-state index < -0.39 is 90.7 Å². The molecular formula is C22H26F18NO4. The monoisotopic (exact) mass is 710 g/mol. The van der Waals surface area contributed by atoms with Crippen LogP contribution in [0.15, 0.2) is 0 Å². The molecule has 0 bridgehead atoms. The summed E-state index contributed by atoms with van der Waals surface area (Å²) in [6.07, 6.45) is -46.6. The molecular weight excluding hydrogens is 684 g/mol. The largest absolute Gasteiger partial charge is 0.435 e. The van der Waals surface area contributed by atoms with Crippen LogP contribution >= 0.6 is 0 Å². The number of ether oxygens (including phenoxy) is 3. The quantitative estimate of drug-likeness (QED) is 0.226. The standard InChI is InChI=1S/C22H26F18NO4/c1-12(2)6-11(7-13(3,4)41(12)42)43-8-14(5,9-44-15(17(23,24)25,18(26,27)28)19(29,30)31)10-45-16(20(32,33)34,21(35,36)37)22(38,39)40/h11H,6-10H2,1-5H3. The molecule has 1 aliphatic heterocycles. The second-order valence-corrected chi connectivity index (χ2v) is 12.0. The second kappa shape index (κ2) is 11.9. The number of piperidine rings is 1. The van der Waals surface area contributed by atoms with Gasteiger partial charge in [0.1, 0.15) is 0 Å². The van der Waals surface area contributed by atoms with Gasteiger partial charge in [-0.1, -0.05) is 6.92 Å². The summed E-state index contributed by atoms with van der Waals surface area (Å²) in [7, 11) is 0. The van der Waals surface area contributed by atoms with Crippen LogP contribution in [0.3, 0.4) is 0 Å². The first-order valence-corrected chi connectivity index (χ1v) is 12.1. The van der Waals surface area contributed by atoms with Gasteiger partial charge in [0.05, 0.1) is 25.9 Å². The lowest BCUT2D eigenvalue weighted by molar-refractivity contribution is -0.467. The first-order valence-electron chi connectivity index (χ1n) is 12.1. The van der Waals surface area contributed by atoms with Gasteiger partial charge in [-0.2, -0.15) is 79.0 Å². The number of hydrogen-bond donors (Lipinski definition) is 0. The second-order valence-electron chi connectivity index (χ2n) is 12.0. The Morgan fingerprint density at radius 2 is 0.778 bits per heavy atom. The van der Waals surface area contributed by atoms with Crippen LogP contribution in [0.2, 0.25) is 0 Å².